The van der Waals surface area contributed by atoms with Crippen molar-refractivity contribution in [3.8, 4) is 11.5 Å². The molecule has 0 saturated heterocycles. The summed E-state index contributed by atoms with van der Waals surface area (Å²) in [7, 11) is 0. The first-order chi connectivity index (χ1) is 17.9. The molecule has 0 aromatic heterocycles. The SMILES string of the molecule is C[C@H]1CCCC(=O)CCC/C=C/c2cc3c(c(O)c2C(=O)O1)[C@@H](c1cccc2ccccc12)CC(=O)O3. The quantitative estimate of drug-likeness (QED) is 0.306. The number of benzene rings is 3. The Morgan fingerprint density at radius 3 is 2.62 bits per heavy atom. The Bertz CT molecular complexity index is 1400. The lowest BCUT2D eigenvalue weighted by Crippen LogP contribution is -2.23. The molecular formula is C31H30O6. The maximum Gasteiger partial charge on any atom is 0.342 e. The van der Waals surface area contributed by atoms with Crippen molar-refractivity contribution in [2.24, 2.45) is 0 Å². The van der Waals surface area contributed by atoms with Crippen LogP contribution in [-0.2, 0) is 14.3 Å². The number of Topliss-reactive ketones (excluding diaryl/α,β-unsaturated/α-hetero) is 1. The zero-order chi connectivity index (χ0) is 25.9. The van der Waals surface area contributed by atoms with Gasteiger partial charge in [-0.3, -0.25) is 9.59 Å². The van der Waals surface area contributed by atoms with Gasteiger partial charge in [-0.05, 0) is 60.6 Å². The van der Waals surface area contributed by atoms with E-state index in [1.165, 1.54) is 0 Å². The second-order valence-electron chi connectivity index (χ2n) is 9.84. The van der Waals surface area contributed by atoms with Crippen LogP contribution in [0.1, 0.15) is 84.8 Å². The zero-order valence-corrected chi connectivity index (χ0v) is 20.9. The summed E-state index contributed by atoms with van der Waals surface area (Å²) in [5.41, 5.74) is 1.79. The van der Waals surface area contributed by atoms with E-state index in [4.69, 9.17) is 9.47 Å². The summed E-state index contributed by atoms with van der Waals surface area (Å²) in [4.78, 5) is 38.2. The number of ether oxygens (including phenoxy) is 2. The second kappa shape index (κ2) is 10.6. The number of hydrogen-bond acceptors (Lipinski definition) is 6. The number of ketones is 1. The van der Waals surface area contributed by atoms with Crippen LogP contribution >= 0.6 is 0 Å². The minimum Gasteiger partial charge on any atom is -0.507 e. The fraction of sp³-hybridized carbons (Fsp3) is 0.323. The van der Waals surface area contributed by atoms with Crippen molar-refractivity contribution >= 4 is 34.6 Å². The van der Waals surface area contributed by atoms with Crippen LogP contribution in [0.3, 0.4) is 0 Å². The molecule has 2 atom stereocenters. The third kappa shape index (κ3) is 5.15. The van der Waals surface area contributed by atoms with Crippen LogP contribution < -0.4 is 4.74 Å². The van der Waals surface area contributed by atoms with E-state index in [9.17, 15) is 19.5 Å². The number of hydrogen-bond donors (Lipinski definition) is 1. The molecule has 37 heavy (non-hydrogen) atoms. The molecule has 6 heteroatoms. The van der Waals surface area contributed by atoms with Crippen molar-refractivity contribution in [2.75, 3.05) is 0 Å². The van der Waals surface area contributed by atoms with Crippen molar-refractivity contribution in [3.05, 3.63) is 76.9 Å². The molecule has 2 heterocycles. The van der Waals surface area contributed by atoms with Gasteiger partial charge in [-0.1, -0.05) is 54.6 Å². The van der Waals surface area contributed by atoms with E-state index < -0.39 is 24.0 Å². The Morgan fingerprint density at radius 2 is 1.76 bits per heavy atom. The fourth-order valence-electron chi connectivity index (χ4n) is 5.34. The molecule has 0 saturated carbocycles. The van der Waals surface area contributed by atoms with Crippen LogP contribution in [0.15, 0.2) is 54.6 Å². The first kappa shape index (κ1) is 24.8. The molecule has 0 amide bonds. The van der Waals surface area contributed by atoms with E-state index in [-0.39, 0.29) is 29.3 Å². The van der Waals surface area contributed by atoms with Gasteiger partial charge in [0.05, 0.1) is 12.5 Å². The third-order valence-electron chi connectivity index (χ3n) is 7.18. The van der Waals surface area contributed by atoms with Crippen molar-refractivity contribution < 1.29 is 29.0 Å². The summed E-state index contributed by atoms with van der Waals surface area (Å²) in [6.07, 6.45) is 6.76. The number of carbonyl (C=O) groups is 3. The number of fused-ring (bicyclic) bond motifs is 3. The van der Waals surface area contributed by atoms with Crippen molar-refractivity contribution in [2.45, 2.75) is 63.9 Å². The van der Waals surface area contributed by atoms with E-state index >= 15 is 0 Å². The average Bonchev–Trinajstić information content (AvgIpc) is 2.87. The van der Waals surface area contributed by atoms with Crippen LogP contribution in [0.25, 0.3) is 16.8 Å². The van der Waals surface area contributed by atoms with Gasteiger partial charge in [-0.2, -0.15) is 0 Å². The predicted octanol–water partition coefficient (Wildman–Crippen LogP) is 6.47. The molecule has 6 nitrogen and oxygen atoms in total. The van der Waals surface area contributed by atoms with Gasteiger partial charge in [0, 0.05) is 24.3 Å². The van der Waals surface area contributed by atoms with Gasteiger partial charge in [0.1, 0.15) is 22.8 Å². The number of phenols is 1. The number of esters is 2. The lowest BCUT2D eigenvalue weighted by molar-refractivity contribution is -0.135. The van der Waals surface area contributed by atoms with Gasteiger partial charge in [-0.15, -0.1) is 0 Å². The molecule has 0 unspecified atom stereocenters. The molecule has 3 aromatic rings. The van der Waals surface area contributed by atoms with Crippen molar-refractivity contribution in [3.63, 3.8) is 0 Å². The topological polar surface area (TPSA) is 89.9 Å². The molecule has 190 valence electrons. The van der Waals surface area contributed by atoms with E-state index in [2.05, 4.69) is 0 Å². The number of allylic oxidation sites excluding steroid dienone is 1. The summed E-state index contributed by atoms with van der Waals surface area (Å²) < 4.78 is 11.3. The Hall–Kier alpha value is -3.93. The normalized spacial score (nSPS) is 21.8. The highest BCUT2D eigenvalue weighted by Gasteiger charge is 2.36. The molecular weight excluding hydrogens is 468 g/mol. The minimum absolute atomic E-state index is 0.0443. The third-order valence-corrected chi connectivity index (χ3v) is 7.18. The monoisotopic (exact) mass is 498 g/mol. The van der Waals surface area contributed by atoms with Gasteiger partial charge in [0.15, 0.2) is 0 Å². The largest absolute Gasteiger partial charge is 0.507 e. The number of rotatable bonds is 1. The Balaban J connectivity index is 1.64. The van der Waals surface area contributed by atoms with Gasteiger partial charge in [0.25, 0.3) is 0 Å². The molecule has 2 aliphatic heterocycles. The molecule has 2 aliphatic rings. The van der Waals surface area contributed by atoms with Crippen LogP contribution in [0.5, 0.6) is 11.5 Å². The highest BCUT2D eigenvalue weighted by atomic mass is 16.5. The molecule has 1 N–H and O–H groups in total. The Kier molecular flexibility index (Phi) is 7.08. The van der Waals surface area contributed by atoms with Gasteiger partial charge in [-0.25, -0.2) is 4.79 Å². The molecule has 0 spiro atoms. The van der Waals surface area contributed by atoms with Crippen molar-refractivity contribution in [1.29, 1.82) is 0 Å². The van der Waals surface area contributed by atoms with Gasteiger partial charge in [0.2, 0.25) is 0 Å². The van der Waals surface area contributed by atoms with Crippen LogP contribution in [0.2, 0.25) is 0 Å². The van der Waals surface area contributed by atoms with E-state index in [1.54, 1.807) is 19.1 Å². The van der Waals surface area contributed by atoms with Crippen molar-refractivity contribution in [1.82, 2.24) is 0 Å². The number of aromatic hydroxyl groups is 1. The maximum atomic E-state index is 13.4. The number of cyclic esters (lactones) is 1. The minimum atomic E-state index is -0.635. The summed E-state index contributed by atoms with van der Waals surface area (Å²) >= 11 is 0. The average molecular weight is 499 g/mol. The summed E-state index contributed by atoms with van der Waals surface area (Å²) in [5, 5.41) is 13.6. The second-order valence-corrected chi connectivity index (χ2v) is 9.84. The van der Waals surface area contributed by atoms with Crippen LogP contribution in [0.4, 0.5) is 0 Å². The number of carbonyl (C=O) groups excluding carboxylic acids is 3. The first-order valence-corrected chi connectivity index (χ1v) is 12.9. The first-order valence-electron chi connectivity index (χ1n) is 12.9. The van der Waals surface area contributed by atoms with E-state index in [0.29, 0.717) is 49.7 Å². The lowest BCUT2D eigenvalue weighted by Gasteiger charge is -2.28. The highest BCUT2D eigenvalue weighted by molar-refractivity contribution is 5.99. The smallest absolute Gasteiger partial charge is 0.342 e. The van der Waals surface area contributed by atoms with E-state index in [0.717, 1.165) is 16.3 Å². The molecule has 0 aliphatic carbocycles. The van der Waals surface area contributed by atoms with E-state index in [1.807, 2.05) is 48.5 Å². The molecule has 0 radical (unpaired) electrons. The summed E-state index contributed by atoms with van der Waals surface area (Å²) in [6.45, 7) is 1.79. The predicted molar refractivity (Wildman–Crippen MR) is 141 cm³/mol. The van der Waals surface area contributed by atoms with Gasteiger partial charge < -0.3 is 14.6 Å². The summed E-state index contributed by atoms with van der Waals surface area (Å²) in [6, 6.07) is 15.4. The van der Waals surface area contributed by atoms with Crippen LogP contribution in [0, 0.1) is 0 Å². The highest BCUT2D eigenvalue weighted by Crippen LogP contribution is 2.48. The maximum absolute atomic E-state index is 13.4. The molecule has 5 rings (SSSR count). The van der Waals surface area contributed by atoms with Gasteiger partial charge >= 0.3 is 11.9 Å². The standard InChI is InChI=1S/C31H30O6/c1-19-9-7-14-22(32)13-4-2-3-11-21-17-26-29(30(34)28(21)31(35)36-19)25(18-27(33)37-26)24-16-8-12-20-10-5-6-15-23(20)24/h3,5-6,8,10-12,15-17,19,25,34H,2,4,7,9,13-14,18H2,1H3/b11-3+/t19-,25+/m0/s1. The Labute approximate surface area is 215 Å². The molecule has 0 fully saturated rings. The molecule has 3 aromatic carbocycles. The van der Waals surface area contributed by atoms with Crippen LogP contribution in [-0.4, -0.2) is 28.9 Å². The number of phenolic OH excluding ortho intramolecular Hbond substituents is 1. The molecule has 0 bridgehead atoms. The Morgan fingerprint density at radius 1 is 0.973 bits per heavy atom. The lowest BCUT2D eigenvalue weighted by atomic mass is 9.81. The zero-order valence-electron chi connectivity index (χ0n) is 20.9. The summed E-state index contributed by atoms with van der Waals surface area (Å²) in [5.74, 6) is -1.29. The fourth-order valence-corrected chi connectivity index (χ4v) is 5.34.